The third-order valence-corrected chi connectivity index (χ3v) is 7.65. The van der Waals surface area contributed by atoms with Crippen LogP contribution < -0.4 is 0 Å². The van der Waals surface area contributed by atoms with Gasteiger partial charge in [-0.25, -0.2) is 14.4 Å². The zero-order chi connectivity index (χ0) is 28.4. The lowest BCUT2D eigenvalue weighted by molar-refractivity contribution is -0.167. The maximum Gasteiger partial charge on any atom is 0.338 e. The molecule has 1 aliphatic rings. The van der Waals surface area contributed by atoms with Crippen LogP contribution in [-0.4, -0.2) is 48.3 Å². The first-order valence-electron chi connectivity index (χ1n) is 13.1. The van der Waals surface area contributed by atoms with E-state index in [1.165, 1.54) is 11.8 Å². The summed E-state index contributed by atoms with van der Waals surface area (Å²) in [5.41, 5.74) is 1.32. The summed E-state index contributed by atoms with van der Waals surface area (Å²) >= 11 is 1.41. The van der Waals surface area contributed by atoms with Crippen LogP contribution in [0.2, 0.25) is 0 Å². The Bertz CT molecular complexity index is 1430. The van der Waals surface area contributed by atoms with Crippen molar-refractivity contribution in [1.29, 1.82) is 0 Å². The lowest BCUT2D eigenvalue weighted by Gasteiger charge is -2.40. The molecule has 4 aromatic rings. The second kappa shape index (κ2) is 13.8. The third kappa shape index (κ3) is 7.42. The summed E-state index contributed by atoms with van der Waals surface area (Å²) in [7, 11) is 0. The van der Waals surface area contributed by atoms with Crippen molar-refractivity contribution in [2.75, 3.05) is 6.61 Å². The Morgan fingerprint density at radius 1 is 0.585 bits per heavy atom. The van der Waals surface area contributed by atoms with E-state index in [4.69, 9.17) is 18.9 Å². The Morgan fingerprint density at radius 3 is 1.49 bits per heavy atom. The molecule has 8 heteroatoms. The molecule has 1 saturated heterocycles. The topological polar surface area (TPSA) is 88.1 Å². The Morgan fingerprint density at radius 2 is 1.00 bits per heavy atom. The van der Waals surface area contributed by atoms with E-state index in [1.54, 1.807) is 91.0 Å². The van der Waals surface area contributed by atoms with Gasteiger partial charge in [-0.15, -0.1) is 11.8 Å². The molecule has 0 bridgehead atoms. The summed E-state index contributed by atoms with van der Waals surface area (Å²) in [6, 6.07) is 35.3. The van der Waals surface area contributed by atoms with Gasteiger partial charge < -0.3 is 18.9 Å². The van der Waals surface area contributed by atoms with Crippen LogP contribution in [0.1, 0.15) is 36.6 Å². The zero-order valence-corrected chi connectivity index (χ0v) is 22.9. The maximum absolute atomic E-state index is 13.3. The fourth-order valence-electron chi connectivity index (χ4n) is 4.32. The van der Waals surface area contributed by atoms with Crippen molar-refractivity contribution < 1.29 is 33.3 Å². The number of ether oxygens (including phenoxy) is 4. The van der Waals surface area contributed by atoms with Gasteiger partial charge in [0.15, 0.2) is 18.3 Å². The number of hydrogen-bond donors (Lipinski definition) is 0. The summed E-state index contributed by atoms with van der Waals surface area (Å²) in [4.78, 5) is 39.5. The Hall–Kier alpha value is -4.40. The van der Waals surface area contributed by atoms with E-state index >= 15 is 0 Å². The van der Waals surface area contributed by atoms with Gasteiger partial charge in [0.1, 0.15) is 5.44 Å². The van der Waals surface area contributed by atoms with Crippen LogP contribution in [-0.2, 0) is 24.7 Å². The summed E-state index contributed by atoms with van der Waals surface area (Å²) in [5, 5.41) is 0. The number of carbonyl (C=O) groups is 3. The predicted molar refractivity (Wildman–Crippen MR) is 154 cm³/mol. The molecule has 1 fully saturated rings. The van der Waals surface area contributed by atoms with Crippen molar-refractivity contribution >= 4 is 29.7 Å². The van der Waals surface area contributed by atoms with Crippen molar-refractivity contribution in [2.24, 2.45) is 0 Å². The minimum absolute atomic E-state index is 0.0584. The quantitative estimate of drug-likeness (QED) is 0.181. The molecule has 4 unspecified atom stereocenters. The first-order chi connectivity index (χ1) is 20.1. The molecule has 0 N–H and O–H groups in total. The van der Waals surface area contributed by atoms with E-state index in [1.807, 2.05) is 30.3 Å². The molecule has 0 spiro atoms. The highest BCUT2D eigenvalue weighted by atomic mass is 32.2. The Labute approximate surface area is 242 Å². The number of hydrogen-bond acceptors (Lipinski definition) is 8. The monoisotopic (exact) mass is 568 g/mol. The zero-order valence-electron chi connectivity index (χ0n) is 22.0. The highest BCUT2D eigenvalue weighted by molar-refractivity contribution is 7.99. The van der Waals surface area contributed by atoms with E-state index in [0.29, 0.717) is 22.4 Å². The standard InChI is InChI=1S/C33H28O7S/c34-30(24-15-7-2-8-16-24)38-27-21-37-33(41-22-23-13-5-1-6-14-23)29(40-32(36)26-19-11-4-12-20-26)28(27)39-31(35)25-17-9-3-10-18-25/h1-20,27-29,33H,21-22H2. The van der Waals surface area contributed by atoms with Crippen LogP contribution in [0.25, 0.3) is 0 Å². The van der Waals surface area contributed by atoms with Crippen LogP contribution in [0.3, 0.4) is 0 Å². The minimum atomic E-state index is -1.13. The van der Waals surface area contributed by atoms with Crippen LogP contribution in [0.15, 0.2) is 121 Å². The number of benzene rings is 4. The molecule has 208 valence electrons. The van der Waals surface area contributed by atoms with Gasteiger partial charge in [0.25, 0.3) is 0 Å². The molecule has 0 saturated carbocycles. The van der Waals surface area contributed by atoms with Gasteiger partial charge in [0, 0.05) is 5.75 Å². The van der Waals surface area contributed by atoms with Gasteiger partial charge in [-0.2, -0.15) is 0 Å². The van der Waals surface area contributed by atoms with Gasteiger partial charge in [-0.05, 0) is 42.0 Å². The highest BCUT2D eigenvalue weighted by Gasteiger charge is 2.48. The molecular formula is C33H28O7S. The van der Waals surface area contributed by atoms with Gasteiger partial charge in [0.2, 0.25) is 0 Å². The van der Waals surface area contributed by atoms with Crippen molar-refractivity contribution in [3.8, 4) is 0 Å². The molecule has 1 heterocycles. The second-order valence-corrected chi connectivity index (χ2v) is 10.4. The van der Waals surface area contributed by atoms with E-state index in [0.717, 1.165) is 5.56 Å². The van der Waals surface area contributed by atoms with Crippen molar-refractivity contribution in [3.63, 3.8) is 0 Å². The fraction of sp³-hybridized carbons (Fsp3) is 0.182. The van der Waals surface area contributed by atoms with E-state index in [2.05, 4.69) is 0 Å². The molecule has 5 rings (SSSR count). The van der Waals surface area contributed by atoms with Crippen molar-refractivity contribution in [2.45, 2.75) is 29.5 Å². The average Bonchev–Trinajstić information content (AvgIpc) is 3.03. The molecule has 4 aromatic carbocycles. The molecular weight excluding hydrogens is 540 g/mol. The number of thioether (sulfide) groups is 1. The van der Waals surface area contributed by atoms with Crippen LogP contribution in [0.4, 0.5) is 0 Å². The normalized spacial score (nSPS) is 20.0. The van der Waals surface area contributed by atoms with E-state index in [-0.39, 0.29) is 6.61 Å². The Kier molecular flexibility index (Phi) is 9.46. The first kappa shape index (κ1) is 28.1. The van der Waals surface area contributed by atoms with Gasteiger partial charge >= 0.3 is 17.9 Å². The van der Waals surface area contributed by atoms with Crippen LogP contribution in [0.5, 0.6) is 0 Å². The second-order valence-electron chi connectivity index (χ2n) is 9.28. The molecule has 41 heavy (non-hydrogen) atoms. The maximum atomic E-state index is 13.3. The smallest absolute Gasteiger partial charge is 0.338 e. The van der Waals surface area contributed by atoms with Crippen molar-refractivity contribution in [3.05, 3.63) is 144 Å². The molecule has 7 nitrogen and oxygen atoms in total. The molecule has 0 amide bonds. The molecule has 4 atom stereocenters. The van der Waals surface area contributed by atoms with E-state index < -0.39 is 41.7 Å². The van der Waals surface area contributed by atoms with Crippen molar-refractivity contribution in [1.82, 2.24) is 0 Å². The number of esters is 3. The Balaban J connectivity index is 1.45. The van der Waals surface area contributed by atoms with Crippen LogP contribution in [0, 0.1) is 0 Å². The summed E-state index contributed by atoms with van der Waals surface area (Å²) in [6.07, 6.45) is -3.24. The summed E-state index contributed by atoms with van der Waals surface area (Å²) < 4.78 is 23.9. The number of rotatable bonds is 9. The molecule has 1 aliphatic heterocycles. The van der Waals surface area contributed by atoms with Gasteiger partial charge in [-0.1, -0.05) is 84.9 Å². The predicted octanol–water partition coefficient (Wildman–Crippen LogP) is 5.95. The fourth-order valence-corrected chi connectivity index (χ4v) is 5.44. The van der Waals surface area contributed by atoms with Gasteiger partial charge in [-0.3, -0.25) is 0 Å². The number of carbonyl (C=O) groups excluding carboxylic acids is 3. The molecule has 0 aromatic heterocycles. The van der Waals surface area contributed by atoms with E-state index in [9.17, 15) is 14.4 Å². The molecule has 0 radical (unpaired) electrons. The summed E-state index contributed by atoms with van der Waals surface area (Å²) in [5.74, 6) is -1.30. The largest absolute Gasteiger partial charge is 0.452 e. The lowest BCUT2D eigenvalue weighted by atomic mass is 10.0. The SMILES string of the molecule is O=C(OC1COC(SCc2ccccc2)C(OC(=O)c2ccccc2)C1OC(=O)c1ccccc1)c1ccccc1. The highest BCUT2D eigenvalue weighted by Crippen LogP contribution is 2.33. The lowest BCUT2D eigenvalue weighted by Crippen LogP contribution is -2.56. The first-order valence-corrected chi connectivity index (χ1v) is 14.2. The van der Waals surface area contributed by atoms with Crippen LogP contribution >= 0.6 is 11.8 Å². The summed E-state index contributed by atoms with van der Waals surface area (Å²) in [6.45, 7) is -0.0584. The van der Waals surface area contributed by atoms with Gasteiger partial charge in [0.05, 0.1) is 23.3 Å². The average molecular weight is 569 g/mol. The third-order valence-electron chi connectivity index (χ3n) is 6.41. The molecule has 0 aliphatic carbocycles. The minimum Gasteiger partial charge on any atom is -0.452 e.